The van der Waals surface area contributed by atoms with E-state index < -0.39 is 6.04 Å². The Morgan fingerprint density at radius 1 is 1.22 bits per heavy atom. The maximum absolute atomic E-state index is 12.5. The standard InChI is InChI=1S/C13H17N3O2/c1-8(2)16-12(17)10-7-5-4-6-9(10)11(14)13(18)15(16)3/h4-8,11H,14H2,1-3H3/t11-/m0/s1. The Kier molecular flexibility index (Phi) is 3.09. The van der Waals surface area contributed by atoms with Crippen molar-refractivity contribution in [2.24, 2.45) is 5.73 Å². The Labute approximate surface area is 106 Å². The molecule has 0 radical (unpaired) electrons. The molecule has 1 aromatic rings. The summed E-state index contributed by atoms with van der Waals surface area (Å²) < 4.78 is 0. The quantitative estimate of drug-likeness (QED) is 0.802. The number of hydrogen-bond donors (Lipinski definition) is 1. The number of nitrogens with two attached hydrogens (primary N) is 1. The van der Waals surface area contributed by atoms with E-state index in [1.165, 1.54) is 10.0 Å². The Morgan fingerprint density at radius 2 is 1.83 bits per heavy atom. The van der Waals surface area contributed by atoms with Gasteiger partial charge in [0.15, 0.2) is 0 Å². The first-order chi connectivity index (χ1) is 8.45. The van der Waals surface area contributed by atoms with E-state index in [0.29, 0.717) is 11.1 Å². The summed E-state index contributed by atoms with van der Waals surface area (Å²) in [4.78, 5) is 24.6. The van der Waals surface area contributed by atoms with Gasteiger partial charge in [0.05, 0.1) is 0 Å². The second-order valence-electron chi connectivity index (χ2n) is 4.67. The normalized spacial score (nSPS) is 20.2. The maximum atomic E-state index is 12.5. The molecule has 0 saturated carbocycles. The fraction of sp³-hybridized carbons (Fsp3) is 0.385. The van der Waals surface area contributed by atoms with Crippen molar-refractivity contribution in [1.82, 2.24) is 10.0 Å². The van der Waals surface area contributed by atoms with Crippen LogP contribution in [0.4, 0.5) is 0 Å². The Balaban J connectivity index is 2.61. The second-order valence-corrected chi connectivity index (χ2v) is 4.67. The van der Waals surface area contributed by atoms with Gasteiger partial charge in [-0.1, -0.05) is 18.2 Å². The van der Waals surface area contributed by atoms with Gasteiger partial charge in [-0.15, -0.1) is 0 Å². The highest BCUT2D eigenvalue weighted by molar-refractivity contribution is 6.01. The Hall–Kier alpha value is -1.88. The Morgan fingerprint density at radius 3 is 2.44 bits per heavy atom. The summed E-state index contributed by atoms with van der Waals surface area (Å²) in [7, 11) is 1.58. The van der Waals surface area contributed by atoms with Gasteiger partial charge in [-0.3, -0.25) is 14.6 Å². The third-order valence-electron chi connectivity index (χ3n) is 3.13. The summed E-state index contributed by atoms with van der Waals surface area (Å²) in [5, 5.41) is 2.76. The third-order valence-corrected chi connectivity index (χ3v) is 3.13. The predicted molar refractivity (Wildman–Crippen MR) is 67.4 cm³/mol. The van der Waals surface area contributed by atoms with Gasteiger partial charge >= 0.3 is 0 Å². The van der Waals surface area contributed by atoms with Crippen LogP contribution < -0.4 is 5.73 Å². The molecular formula is C13H17N3O2. The van der Waals surface area contributed by atoms with Crippen LogP contribution >= 0.6 is 0 Å². The lowest BCUT2D eigenvalue weighted by Gasteiger charge is -2.33. The van der Waals surface area contributed by atoms with Crippen LogP contribution in [0.25, 0.3) is 0 Å². The lowest BCUT2D eigenvalue weighted by atomic mass is 10.0. The van der Waals surface area contributed by atoms with Crippen LogP contribution in [0, 0.1) is 0 Å². The van der Waals surface area contributed by atoms with E-state index in [2.05, 4.69) is 0 Å². The molecule has 2 amide bonds. The van der Waals surface area contributed by atoms with Gasteiger partial charge in [-0.2, -0.15) is 0 Å². The predicted octanol–water partition coefficient (Wildman–Crippen LogP) is 0.924. The summed E-state index contributed by atoms with van der Waals surface area (Å²) >= 11 is 0. The van der Waals surface area contributed by atoms with Crippen LogP contribution in [-0.2, 0) is 4.79 Å². The van der Waals surface area contributed by atoms with Crippen LogP contribution in [0.15, 0.2) is 24.3 Å². The monoisotopic (exact) mass is 247 g/mol. The van der Waals surface area contributed by atoms with E-state index in [-0.39, 0.29) is 17.9 Å². The fourth-order valence-electron chi connectivity index (χ4n) is 2.24. The van der Waals surface area contributed by atoms with Gasteiger partial charge in [0.2, 0.25) is 0 Å². The third kappa shape index (κ3) is 1.76. The lowest BCUT2D eigenvalue weighted by molar-refractivity contribution is -0.145. The van der Waals surface area contributed by atoms with Gasteiger partial charge in [-0.05, 0) is 25.5 Å². The second kappa shape index (κ2) is 4.42. The van der Waals surface area contributed by atoms with Crippen molar-refractivity contribution in [3.8, 4) is 0 Å². The average molecular weight is 247 g/mol. The number of carbonyl (C=O) groups excluding carboxylic acids is 2. The molecule has 5 nitrogen and oxygen atoms in total. The van der Waals surface area contributed by atoms with Gasteiger partial charge in [0.1, 0.15) is 6.04 Å². The summed E-state index contributed by atoms with van der Waals surface area (Å²) in [6.07, 6.45) is 0. The number of carbonyl (C=O) groups is 2. The molecule has 0 fully saturated rings. The molecule has 2 rings (SSSR count). The molecule has 0 aliphatic carbocycles. The van der Waals surface area contributed by atoms with E-state index in [1.54, 1.807) is 31.3 Å². The molecule has 1 aromatic carbocycles. The number of nitrogens with zero attached hydrogens (tertiary/aromatic N) is 2. The first-order valence-electron chi connectivity index (χ1n) is 5.90. The highest BCUT2D eigenvalue weighted by atomic mass is 16.2. The Bertz CT molecular complexity index is 499. The molecule has 96 valence electrons. The minimum atomic E-state index is -0.793. The smallest absolute Gasteiger partial charge is 0.273 e. The largest absolute Gasteiger partial charge is 0.316 e. The van der Waals surface area contributed by atoms with Gasteiger partial charge in [0, 0.05) is 18.7 Å². The molecular weight excluding hydrogens is 230 g/mol. The molecule has 1 atom stereocenters. The van der Waals surface area contributed by atoms with E-state index in [1.807, 2.05) is 13.8 Å². The molecule has 1 aliphatic rings. The highest BCUT2D eigenvalue weighted by Crippen LogP contribution is 2.25. The first-order valence-corrected chi connectivity index (χ1v) is 5.90. The minimum Gasteiger partial charge on any atom is -0.316 e. The van der Waals surface area contributed by atoms with E-state index in [9.17, 15) is 9.59 Å². The molecule has 1 aliphatic heterocycles. The van der Waals surface area contributed by atoms with Crippen LogP contribution in [0.3, 0.4) is 0 Å². The summed E-state index contributed by atoms with van der Waals surface area (Å²) in [6, 6.07) is 6.10. The van der Waals surface area contributed by atoms with E-state index in [0.717, 1.165) is 0 Å². The van der Waals surface area contributed by atoms with E-state index >= 15 is 0 Å². The molecule has 18 heavy (non-hydrogen) atoms. The van der Waals surface area contributed by atoms with Gasteiger partial charge in [-0.25, -0.2) is 5.01 Å². The van der Waals surface area contributed by atoms with Crippen molar-refractivity contribution < 1.29 is 9.59 Å². The number of benzene rings is 1. The molecule has 0 saturated heterocycles. The van der Waals surface area contributed by atoms with Crippen LogP contribution in [0.5, 0.6) is 0 Å². The van der Waals surface area contributed by atoms with E-state index in [4.69, 9.17) is 5.73 Å². The van der Waals surface area contributed by atoms with Crippen molar-refractivity contribution in [1.29, 1.82) is 0 Å². The topological polar surface area (TPSA) is 66.6 Å². The molecule has 0 bridgehead atoms. The molecule has 0 spiro atoms. The number of likely N-dealkylation sites (N-methyl/N-ethyl adjacent to an activating group) is 1. The van der Waals surface area contributed by atoms with Crippen LogP contribution in [-0.4, -0.2) is 34.9 Å². The molecule has 0 unspecified atom stereocenters. The van der Waals surface area contributed by atoms with Crippen LogP contribution in [0.1, 0.15) is 35.8 Å². The maximum Gasteiger partial charge on any atom is 0.273 e. The molecule has 0 aromatic heterocycles. The number of hydrazine groups is 1. The molecule has 1 heterocycles. The summed E-state index contributed by atoms with van der Waals surface area (Å²) in [6.45, 7) is 3.72. The fourth-order valence-corrected chi connectivity index (χ4v) is 2.24. The van der Waals surface area contributed by atoms with Crippen LogP contribution in [0.2, 0.25) is 0 Å². The van der Waals surface area contributed by atoms with Crippen molar-refractivity contribution in [3.63, 3.8) is 0 Å². The number of hydrogen-bond acceptors (Lipinski definition) is 3. The van der Waals surface area contributed by atoms with Gasteiger partial charge in [0.25, 0.3) is 11.8 Å². The zero-order valence-corrected chi connectivity index (χ0v) is 10.8. The lowest BCUT2D eigenvalue weighted by Crippen LogP contribution is -2.51. The van der Waals surface area contributed by atoms with Crippen molar-refractivity contribution in [3.05, 3.63) is 35.4 Å². The van der Waals surface area contributed by atoms with Crippen molar-refractivity contribution in [2.75, 3.05) is 7.05 Å². The van der Waals surface area contributed by atoms with Gasteiger partial charge < -0.3 is 5.73 Å². The highest BCUT2D eigenvalue weighted by Gasteiger charge is 2.36. The molecule has 5 heteroatoms. The average Bonchev–Trinajstić information content (AvgIpc) is 2.41. The molecule has 2 N–H and O–H groups in total. The number of rotatable bonds is 1. The number of amides is 2. The minimum absolute atomic E-state index is 0.107. The first kappa shape index (κ1) is 12.6. The SMILES string of the molecule is CC(C)N1C(=O)c2ccccc2[C@H](N)C(=O)N1C. The number of fused-ring (bicyclic) bond motifs is 1. The summed E-state index contributed by atoms with van der Waals surface area (Å²) in [5.74, 6) is -0.466. The van der Waals surface area contributed by atoms with Crippen molar-refractivity contribution in [2.45, 2.75) is 25.9 Å². The summed E-state index contributed by atoms with van der Waals surface area (Å²) in [5.41, 5.74) is 7.02. The zero-order valence-electron chi connectivity index (χ0n) is 10.8. The van der Waals surface area contributed by atoms with Crippen molar-refractivity contribution >= 4 is 11.8 Å². The zero-order chi connectivity index (χ0) is 13.4.